The number of carbonyl (C=O) groups excluding carboxylic acids is 8. The second kappa shape index (κ2) is 26.9. The number of primary amides is 1. The van der Waals surface area contributed by atoms with Crippen molar-refractivity contribution >= 4 is 70.0 Å². The highest BCUT2D eigenvalue weighted by Crippen LogP contribution is 2.30. The molecule has 23 nitrogen and oxygen atoms in total. The van der Waals surface area contributed by atoms with Gasteiger partial charge < -0.3 is 60.9 Å². The summed E-state index contributed by atoms with van der Waals surface area (Å²) in [6.07, 6.45) is 6.53. The van der Waals surface area contributed by atoms with Crippen molar-refractivity contribution in [3.63, 3.8) is 0 Å². The predicted octanol–water partition coefficient (Wildman–Crippen LogP) is 3.54. The molecule has 1 saturated heterocycles. The van der Waals surface area contributed by atoms with E-state index in [0.717, 1.165) is 10.5 Å². The molecule has 1 fully saturated rings. The smallest absolute Gasteiger partial charge is 0.410 e. The topological polar surface area (TPSA) is 295 Å². The molecule has 3 aliphatic rings. The fourth-order valence-electron chi connectivity index (χ4n) is 9.32. The van der Waals surface area contributed by atoms with E-state index in [2.05, 4.69) is 36.5 Å². The summed E-state index contributed by atoms with van der Waals surface area (Å²) >= 11 is 0. The lowest BCUT2D eigenvalue weighted by atomic mass is 10.0. The molecule has 1 aromatic heterocycles. The van der Waals surface area contributed by atoms with Gasteiger partial charge in [-0.05, 0) is 92.0 Å². The summed E-state index contributed by atoms with van der Waals surface area (Å²) in [5.41, 5.74) is 8.67. The van der Waals surface area contributed by atoms with E-state index in [1.54, 1.807) is 79.0 Å². The first-order chi connectivity index (χ1) is 37.0. The molecule has 0 aliphatic carbocycles. The maximum atomic E-state index is 14.1. The van der Waals surface area contributed by atoms with Crippen LogP contribution in [0, 0.1) is 5.92 Å². The van der Waals surface area contributed by atoms with Crippen LogP contribution in [0.3, 0.4) is 0 Å². The third kappa shape index (κ3) is 15.9. The van der Waals surface area contributed by atoms with Gasteiger partial charge in [0.1, 0.15) is 30.2 Å². The maximum Gasteiger partial charge on any atom is 0.410 e. The van der Waals surface area contributed by atoms with Crippen molar-refractivity contribution in [2.24, 2.45) is 11.7 Å². The average Bonchev–Trinajstić information content (AvgIpc) is 3.74. The Balaban J connectivity index is 0.945. The molecule has 0 unspecified atom stereocenters. The van der Waals surface area contributed by atoms with E-state index < -0.39 is 36.0 Å². The summed E-state index contributed by atoms with van der Waals surface area (Å²) in [5, 5.41) is 13.7. The first-order valence-electron chi connectivity index (χ1n) is 25.9. The van der Waals surface area contributed by atoms with E-state index in [1.165, 1.54) is 18.3 Å². The highest BCUT2D eigenvalue weighted by molar-refractivity contribution is 6.12. The molecule has 0 bridgehead atoms. The minimum Gasteiger partial charge on any atom is -0.497 e. The number of anilines is 2. The number of benzene rings is 3. The second-order valence-electron chi connectivity index (χ2n) is 19.5. The van der Waals surface area contributed by atoms with Gasteiger partial charge in [-0.3, -0.25) is 38.5 Å². The van der Waals surface area contributed by atoms with Crippen LogP contribution < -0.4 is 47.4 Å². The van der Waals surface area contributed by atoms with Gasteiger partial charge in [0.15, 0.2) is 6.61 Å². The number of unbranched alkanes of at least 4 members (excludes halogenated alkanes) is 2. The number of carbonyl (C=O) groups is 8. The quantitative estimate of drug-likeness (QED) is 0.0409. The number of amides is 9. The lowest BCUT2D eigenvalue weighted by Crippen LogP contribution is -2.54. The Bertz CT molecular complexity index is 2880. The van der Waals surface area contributed by atoms with Gasteiger partial charge >= 0.3 is 12.1 Å². The Labute approximate surface area is 445 Å². The van der Waals surface area contributed by atoms with Crippen LogP contribution in [0.1, 0.15) is 76.3 Å². The number of hydrogen-bond acceptors (Lipinski definition) is 14. The molecule has 9 amide bonds. The number of imide groups is 1. The number of likely N-dealkylation sites (tertiary alicyclic amines) is 1. The molecular weight excluding hydrogens is 995 g/mol. The van der Waals surface area contributed by atoms with Gasteiger partial charge in [-0.15, -0.1) is 0 Å². The average molecular weight is 1060 g/mol. The van der Waals surface area contributed by atoms with Crippen molar-refractivity contribution in [1.29, 1.82) is 0 Å². The number of aromatic nitrogens is 2. The van der Waals surface area contributed by atoms with Gasteiger partial charge in [-0.2, -0.15) is 0 Å². The van der Waals surface area contributed by atoms with Crippen molar-refractivity contribution in [1.82, 2.24) is 40.2 Å². The molecule has 0 spiro atoms. The van der Waals surface area contributed by atoms with Gasteiger partial charge in [0, 0.05) is 82.2 Å². The third-order valence-electron chi connectivity index (χ3n) is 13.6. The lowest BCUT2D eigenvalue weighted by Gasteiger charge is -2.38. The summed E-state index contributed by atoms with van der Waals surface area (Å²) in [6, 6.07) is 14.5. The van der Waals surface area contributed by atoms with Crippen LogP contribution in [0.4, 0.5) is 21.0 Å². The van der Waals surface area contributed by atoms with Gasteiger partial charge in [-0.1, -0.05) is 38.5 Å². The Morgan fingerprint density at radius 2 is 1.60 bits per heavy atom. The monoisotopic (exact) mass is 1060 g/mol. The number of rotatable bonds is 25. The van der Waals surface area contributed by atoms with E-state index in [4.69, 9.17) is 19.9 Å². The summed E-state index contributed by atoms with van der Waals surface area (Å²) in [6.45, 7) is 6.24. The zero-order chi connectivity index (χ0) is 55.0. The van der Waals surface area contributed by atoms with Gasteiger partial charge in [-0.25, -0.2) is 14.6 Å². The molecule has 0 radical (unpaired) electrons. The number of methoxy groups -OCH3 is 1. The van der Waals surface area contributed by atoms with E-state index in [0.29, 0.717) is 97.8 Å². The Morgan fingerprint density at radius 3 is 2.31 bits per heavy atom. The highest BCUT2D eigenvalue weighted by Gasteiger charge is 2.32. The molecule has 3 aromatic carbocycles. The first-order valence-corrected chi connectivity index (χ1v) is 25.9. The molecule has 23 heteroatoms. The number of nitrogens with one attached hydrogen (secondary N) is 5. The van der Waals surface area contributed by atoms with Crippen molar-refractivity contribution in [3.05, 3.63) is 100 Å². The molecule has 0 saturated carbocycles. The first kappa shape index (κ1) is 56.4. The van der Waals surface area contributed by atoms with Crippen molar-refractivity contribution in [3.8, 4) is 11.5 Å². The van der Waals surface area contributed by atoms with Gasteiger partial charge in [0.25, 0.3) is 23.3 Å². The zero-order valence-corrected chi connectivity index (χ0v) is 43.5. The molecule has 410 valence electrons. The van der Waals surface area contributed by atoms with E-state index >= 15 is 0 Å². The van der Waals surface area contributed by atoms with Crippen molar-refractivity contribution in [2.45, 2.75) is 103 Å². The summed E-state index contributed by atoms with van der Waals surface area (Å²) < 4.78 is 18.6. The number of nitrogens with zero attached hydrogens (tertiary/aromatic N) is 5. The van der Waals surface area contributed by atoms with Crippen LogP contribution in [0.25, 0.3) is 11.0 Å². The summed E-state index contributed by atoms with van der Waals surface area (Å²) in [5.74, 6) is -1.70. The number of nitrogens with two attached hydrogens (primary N) is 1. The molecule has 4 aromatic rings. The molecule has 77 heavy (non-hydrogen) atoms. The van der Waals surface area contributed by atoms with E-state index in [-0.39, 0.29) is 93.3 Å². The van der Waals surface area contributed by atoms with Crippen LogP contribution in [-0.4, -0.2) is 136 Å². The fourth-order valence-corrected chi connectivity index (χ4v) is 9.32. The molecule has 3 aliphatic heterocycles. The minimum absolute atomic E-state index is 0.0888. The normalized spacial score (nSPS) is 15.3. The Morgan fingerprint density at radius 1 is 0.857 bits per heavy atom. The highest BCUT2D eigenvalue weighted by atomic mass is 16.6. The molecular formula is C54H67N11O12. The predicted molar refractivity (Wildman–Crippen MR) is 283 cm³/mol. The van der Waals surface area contributed by atoms with E-state index in [9.17, 15) is 43.2 Å². The van der Waals surface area contributed by atoms with Gasteiger partial charge in [0.2, 0.25) is 17.7 Å². The van der Waals surface area contributed by atoms with Crippen LogP contribution in [0.2, 0.25) is 0 Å². The molecule has 4 heterocycles. The Hall–Kier alpha value is -8.34. The number of hydrogen-bond donors (Lipinski definition) is 6. The molecule has 2 atom stereocenters. The second-order valence-corrected chi connectivity index (χ2v) is 19.5. The molecule has 7 rings (SSSR count). The molecule has 7 N–H and O–H groups in total. The lowest BCUT2D eigenvalue weighted by molar-refractivity contribution is -0.137. The third-order valence-corrected chi connectivity index (χ3v) is 13.6. The number of urea groups is 1. The van der Waals surface area contributed by atoms with Crippen LogP contribution >= 0.6 is 0 Å². The summed E-state index contributed by atoms with van der Waals surface area (Å²) in [4.78, 5) is 124. The minimum atomic E-state index is -1.07. The standard InChI is InChI=1S/C54H67N11O12/c1-34(2)50(61-45(66)9-5-4-6-23-64-47(68)18-19-48(64)69)52(72)60-41(8-7-22-56-53(55)73)51(71)58-37-13-10-35(11-14-37)32-77-54(74)65(31-36-12-17-44-42(28-36)59-46(67)33-76-44)38-20-24-62(25-21-38)26-27-63-43-29-39(75-3)15-16-40(43)57-30-49(63)70/h10-19,28-30,34,38,41,50H,4-9,20-27,31-33H2,1-3H3,(H,58,71)(H,59,67)(H,60,72)(H,61,66)(H3,55,56,73)/t41-,50-/m0/s1. The zero-order valence-electron chi connectivity index (χ0n) is 43.5. The SMILES string of the molecule is COc1ccc2ncc(=O)n(CCN3CCC(N(Cc4ccc5c(c4)NC(=O)CO5)C(=O)OCc4ccc(NC(=O)[C@H](CCCNC(N)=O)NC(=O)[C@@H](NC(=O)CCCCCN5C(=O)C=CC5=O)C(C)C)cc4)CC3)c2c1. The largest absolute Gasteiger partial charge is 0.497 e. The van der Waals surface area contributed by atoms with Crippen LogP contribution in [-0.2, 0) is 53.2 Å². The van der Waals surface area contributed by atoms with E-state index in [1.807, 2.05) is 12.1 Å². The number of piperidine rings is 1. The number of ether oxygens (including phenoxy) is 3. The van der Waals surface area contributed by atoms with Crippen molar-refractivity contribution in [2.75, 3.05) is 57.1 Å². The Kier molecular flexibility index (Phi) is 19.7. The number of fused-ring (bicyclic) bond motifs is 2. The summed E-state index contributed by atoms with van der Waals surface area (Å²) in [7, 11) is 1.57. The fraction of sp³-hybridized carbons (Fsp3) is 0.444. The van der Waals surface area contributed by atoms with Crippen molar-refractivity contribution < 1.29 is 52.6 Å². The van der Waals surface area contributed by atoms with Crippen LogP contribution in [0.15, 0.2) is 83.8 Å². The maximum absolute atomic E-state index is 14.1. The van der Waals surface area contributed by atoms with Crippen LogP contribution in [0.5, 0.6) is 11.5 Å². The van der Waals surface area contributed by atoms with Gasteiger partial charge in [0.05, 0.1) is 30.0 Å².